The van der Waals surface area contributed by atoms with Gasteiger partial charge in [0, 0.05) is 43.7 Å². The van der Waals surface area contributed by atoms with Crippen LogP contribution in [0.2, 0.25) is 5.02 Å². The Balaban J connectivity index is 1.94. The van der Waals surface area contributed by atoms with Crippen LogP contribution in [0.1, 0.15) is 19.3 Å². The Morgan fingerprint density at radius 2 is 2.00 bits per heavy atom. The summed E-state index contributed by atoms with van der Waals surface area (Å²) in [5.41, 5.74) is 0.725. The molecule has 1 N–H and O–H groups in total. The monoisotopic (exact) mass is 338 g/mol. The zero-order chi connectivity index (χ0) is 17.0. The Morgan fingerprint density at radius 3 is 2.61 bits per heavy atom. The molecule has 2 amide bonds. The molecule has 1 atom stereocenters. The SMILES string of the molecule is CN(CCCC(=O)O)C(=O)C1CC(=O)N(c2ccc(Cl)cc2)C1. The molecule has 1 unspecified atom stereocenters. The molecule has 1 saturated heterocycles. The number of carbonyl (C=O) groups excluding carboxylic acids is 2. The van der Waals surface area contributed by atoms with Crippen molar-refractivity contribution < 1.29 is 19.5 Å². The van der Waals surface area contributed by atoms with Crippen molar-refractivity contribution in [3.63, 3.8) is 0 Å². The van der Waals surface area contributed by atoms with Crippen LogP contribution in [0, 0.1) is 5.92 Å². The number of anilines is 1. The lowest BCUT2D eigenvalue weighted by Crippen LogP contribution is -2.35. The number of benzene rings is 1. The molecule has 0 aliphatic carbocycles. The summed E-state index contributed by atoms with van der Waals surface area (Å²) in [7, 11) is 1.64. The fourth-order valence-electron chi connectivity index (χ4n) is 2.63. The fraction of sp³-hybridized carbons (Fsp3) is 0.438. The summed E-state index contributed by atoms with van der Waals surface area (Å²) in [6.07, 6.45) is 0.599. The maximum absolute atomic E-state index is 12.4. The number of hydrogen-bond acceptors (Lipinski definition) is 3. The van der Waals surface area contributed by atoms with Crippen molar-refractivity contribution in [1.82, 2.24) is 4.90 Å². The molecule has 23 heavy (non-hydrogen) atoms. The highest BCUT2D eigenvalue weighted by molar-refractivity contribution is 6.30. The molecule has 7 heteroatoms. The Morgan fingerprint density at radius 1 is 1.35 bits per heavy atom. The zero-order valence-electron chi connectivity index (χ0n) is 12.9. The Kier molecular flexibility index (Phi) is 5.60. The van der Waals surface area contributed by atoms with Crippen LogP contribution >= 0.6 is 11.6 Å². The largest absolute Gasteiger partial charge is 0.481 e. The number of carbonyl (C=O) groups is 3. The second kappa shape index (κ2) is 7.46. The first kappa shape index (κ1) is 17.3. The minimum atomic E-state index is -0.879. The highest BCUT2D eigenvalue weighted by Gasteiger charge is 2.36. The number of nitrogens with zero attached hydrogens (tertiary/aromatic N) is 2. The molecule has 1 fully saturated rings. The van der Waals surface area contributed by atoms with E-state index in [1.165, 1.54) is 4.90 Å². The summed E-state index contributed by atoms with van der Waals surface area (Å²) in [6.45, 7) is 0.708. The molecule has 1 aliphatic rings. The summed E-state index contributed by atoms with van der Waals surface area (Å²) >= 11 is 5.84. The third kappa shape index (κ3) is 4.45. The van der Waals surface area contributed by atoms with E-state index in [0.29, 0.717) is 24.5 Å². The van der Waals surface area contributed by atoms with E-state index >= 15 is 0 Å². The third-order valence-corrected chi connectivity index (χ3v) is 4.12. The number of carboxylic acids is 1. The summed E-state index contributed by atoms with van der Waals surface area (Å²) in [4.78, 5) is 38.1. The normalized spacial score (nSPS) is 17.4. The van der Waals surface area contributed by atoms with Crippen molar-refractivity contribution in [2.45, 2.75) is 19.3 Å². The lowest BCUT2D eigenvalue weighted by Gasteiger charge is -2.21. The van der Waals surface area contributed by atoms with Gasteiger partial charge in [0.1, 0.15) is 0 Å². The predicted molar refractivity (Wildman–Crippen MR) is 86.4 cm³/mol. The van der Waals surface area contributed by atoms with Crippen molar-refractivity contribution in [2.75, 3.05) is 25.0 Å². The number of hydrogen-bond donors (Lipinski definition) is 1. The third-order valence-electron chi connectivity index (χ3n) is 3.87. The minimum Gasteiger partial charge on any atom is -0.481 e. The molecule has 124 valence electrons. The van der Waals surface area contributed by atoms with Crippen LogP contribution in [0.4, 0.5) is 5.69 Å². The van der Waals surface area contributed by atoms with Gasteiger partial charge in [-0.05, 0) is 30.7 Å². The van der Waals surface area contributed by atoms with Gasteiger partial charge in [-0.3, -0.25) is 14.4 Å². The Bertz CT molecular complexity index is 603. The molecule has 1 aliphatic heterocycles. The van der Waals surface area contributed by atoms with E-state index in [1.807, 2.05) is 0 Å². The van der Waals surface area contributed by atoms with E-state index in [1.54, 1.807) is 36.2 Å². The standard InChI is InChI=1S/C16H19ClN2O4/c1-18(8-2-3-15(21)22)16(23)11-9-14(20)19(10-11)13-6-4-12(17)5-7-13/h4-7,11H,2-3,8-10H2,1H3,(H,21,22). The van der Waals surface area contributed by atoms with Crippen LogP contribution in [-0.4, -0.2) is 47.9 Å². The number of aliphatic carboxylic acids is 1. The van der Waals surface area contributed by atoms with Gasteiger partial charge in [0.05, 0.1) is 5.92 Å². The first-order chi connectivity index (χ1) is 10.9. The highest BCUT2D eigenvalue weighted by Crippen LogP contribution is 2.27. The molecular weight excluding hydrogens is 320 g/mol. The van der Waals surface area contributed by atoms with Gasteiger partial charge in [0.15, 0.2) is 0 Å². The number of halogens is 1. The van der Waals surface area contributed by atoms with Gasteiger partial charge in [-0.25, -0.2) is 0 Å². The Labute approximate surface area is 139 Å². The van der Waals surface area contributed by atoms with Gasteiger partial charge >= 0.3 is 5.97 Å². The predicted octanol–water partition coefficient (Wildman–Crippen LogP) is 2.02. The molecule has 6 nitrogen and oxygen atoms in total. The zero-order valence-corrected chi connectivity index (χ0v) is 13.6. The van der Waals surface area contributed by atoms with E-state index in [0.717, 1.165) is 5.69 Å². The Hall–Kier alpha value is -2.08. The van der Waals surface area contributed by atoms with E-state index in [9.17, 15) is 14.4 Å². The average molecular weight is 339 g/mol. The summed E-state index contributed by atoms with van der Waals surface area (Å²) in [5, 5.41) is 9.22. The van der Waals surface area contributed by atoms with Crippen LogP contribution in [0.5, 0.6) is 0 Å². The number of carboxylic acid groups (broad SMARTS) is 1. The van der Waals surface area contributed by atoms with Crippen LogP contribution in [0.25, 0.3) is 0 Å². The smallest absolute Gasteiger partial charge is 0.303 e. The van der Waals surface area contributed by atoms with Gasteiger partial charge in [0.25, 0.3) is 0 Å². The molecule has 1 aromatic carbocycles. The first-order valence-electron chi connectivity index (χ1n) is 7.41. The van der Waals surface area contributed by atoms with Gasteiger partial charge in [0.2, 0.25) is 11.8 Å². The number of amides is 2. The van der Waals surface area contributed by atoms with Crippen molar-refractivity contribution in [3.8, 4) is 0 Å². The summed E-state index contributed by atoms with van der Waals surface area (Å²) < 4.78 is 0. The lowest BCUT2D eigenvalue weighted by atomic mass is 10.1. The van der Waals surface area contributed by atoms with Crippen LogP contribution in [0.3, 0.4) is 0 Å². The molecule has 2 rings (SSSR count). The van der Waals surface area contributed by atoms with Crippen LogP contribution in [0.15, 0.2) is 24.3 Å². The second-order valence-electron chi connectivity index (χ2n) is 5.64. The van der Waals surface area contributed by atoms with Gasteiger partial charge in [-0.2, -0.15) is 0 Å². The van der Waals surface area contributed by atoms with E-state index < -0.39 is 11.9 Å². The molecule has 0 saturated carbocycles. The van der Waals surface area contributed by atoms with E-state index in [-0.39, 0.29) is 24.7 Å². The molecule has 0 radical (unpaired) electrons. The summed E-state index contributed by atoms with van der Waals surface area (Å²) in [5.74, 6) is -1.49. The molecule has 0 aromatic heterocycles. The summed E-state index contributed by atoms with van der Waals surface area (Å²) in [6, 6.07) is 6.92. The van der Waals surface area contributed by atoms with E-state index in [2.05, 4.69) is 0 Å². The maximum atomic E-state index is 12.4. The quantitative estimate of drug-likeness (QED) is 0.860. The van der Waals surface area contributed by atoms with Gasteiger partial charge in [-0.15, -0.1) is 0 Å². The van der Waals surface area contributed by atoms with Crippen molar-refractivity contribution >= 4 is 35.1 Å². The first-order valence-corrected chi connectivity index (χ1v) is 7.79. The van der Waals surface area contributed by atoms with Crippen molar-refractivity contribution in [2.24, 2.45) is 5.92 Å². The number of rotatable bonds is 6. The highest BCUT2D eigenvalue weighted by atomic mass is 35.5. The van der Waals surface area contributed by atoms with Crippen molar-refractivity contribution in [3.05, 3.63) is 29.3 Å². The second-order valence-corrected chi connectivity index (χ2v) is 6.08. The molecule has 1 aromatic rings. The molecule has 0 spiro atoms. The fourth-order valence-corrected chi connectivity index (χ4v) is 2.76. The molecule has 0 bridgehead atoms. The lowest BCUT2D eigenvalue weighted by molar-refractivity contribution is -0.138. The van der Waals surface area contributed by atoms with Crippen LogP contribution in [-0.2, 0) is 14.4 Å². The van der Waals surface area contributed by atoms with Crippen molar-refractivity contribution in [1.29, 1.82) is 0 Å². The van der Waals surface area contributed by atoms with E-state index in [4.69, 9.17) is 16.7 Å². The maximum Gasteiger partial charge on any atom is 0.303 e. The topological polar surface area (TPSA) is 77.9 Å². The average Bonchev–Trinajstić information content (AvgIpc) is 2.88. The molecular formula is C16H19ClN2O4. The molecule has 1 heterocycles. The minimum absolute atomic E-state index is 0.0259. The van der Waals surface area contributed by atoms with Gasteiger partial charge < -0.3 is 14.9 Å². The van der Waals surface area contributed by atoms with Crippen LogP contribution < -0.4 is 4.90 Å². The van der Waals surface area contributed by atoms with Gasteiger partial charge in [-0.1, -0.05) is 11.6 Å².